The summed E-state index contributed by atoms with van der Waals surface area (Å²) >= 11 is 0. The van der Waals surface area contributed by atoms with Crippen molar-refractivity contribution in [3.63, 3.8) is 0 Å². The second kappa shape index (κ2) is 7.54. The Morgan fingerprint density at radius 2 is 2.00 bits per heavy atom. The highest BCUT2D eigenvalue weighted by Gasteiger charge is 2.46. The van der Waals surface area contributed by atoms with E-state index in [1.807, 2.05) is 0 Å². The van der Waals surface area contributed by atoms with Gasteiger partial charge in [-0.15, -0.1) is 0 Å². The van der Waals surface area contributed by atoms with E-state index in [9.17, 15) is 8.78 Å². The van der Waals surface area contributed by atoms with E-state index in [2.05, 4.69) is 5.32 Å². The maximum Gasteiger partial charge on any atom is 0.139 e. The Morgan fingerprint density at radius 1 is 1.20 bits per heavy atom. The fraction of sp³-hybridized carbons (Fsp3) is 0.368. The Kier molecular flexibility index (Phi) is 5.40. The fourth-order valence-electron chi connectivity index (χ4n) is 2.73. The van der Waals surface area contributed by atoms with Crippen LogP contribution in [0.5, 0.6) is 5.75 Å². The average Bonchev–Trinajstić information content (AvgIpc) is 3.34. The molecule has 2 radical (unpaired) electrons. The van der Waals surface area contributed by atoms with Gasteiger partial charge in [0.2, 0.25) is 0 Å². The summed E-state index contributed by atoms with van der Waals surface area (Å²) in [5.41, 5.74) is 0.799. The zero-order valence-corrected chi connectivity index (χ0v) is 13.9. The molecule has 2 aromatic carbocycles. The summed E-state index contributed by atoms with van der Waals surface area (Å²) in [4.78, 5) is 0. The van der Waals surface area contributed by atoms with E-state index < -0.39 is 11.5 Å². The first-order chi connectivity index (χ1) is 12.0. The standard InChI is InChI=1S/C19H20BF2NO2/c20-15-2-4-18(14(10-15)11-23-7-8-24)25-12-13-1-3-17(21)16(9-13)19(22)5-6-19/h1-4,9-10,23-24H,5-8,11-12H2. The molecule has 1 aliphatic carbocycles. The number of aliphatic hydroxyl groups is 1. The molecule has 130 valence electrons. The van der Waals surface area contributed by atoms with Crippen LogP contribution in [0.1, 0.15) is 29.5 Å². The van der Waals surface area contributed by atoms with Crippen molar-refractivity contribution in [2.45, 2.75) is 31.7 Å². The molecular weight excluding hydrogens is 323 g/mol. The summed E-state index contributed by atoms with van der Waals surface area (Å²) in [5, 5.41) is 11.9. The first-order valence-corrected chi connectivity index (χ1v) is 8.32. The summed E-state index contributed by atoms with van der Waals surface area (Å²) < 4.78 is 33.9. The van der Waals surface area contributed by atoms with Crippen LogP contribution in [0, 0.1) is 5.82 Å². The van der Waals surface area contributed by atoms with Crippen molar-refractivity contribution in [1.82, 2.24) is 5.32 Å². The minimum absolute atomic E-state index is 0.0435. The van der Waals surface area contributed by atoms with Gasteiger partial charge < -0.3 is 15.2 Å². The lowest BCUT2D eigenvalue weighted by atomic mass is 9.94. The van der Waals surface area contributed by atoms with Crippen molar-refractivity contribution in [3.05, 3.63) is 58.9 Å². The molecule has 0 bridgehead atoms. The van der Waals surface area contributed by atoms with Crippen molar-refractivity contribution < 1.29 is 18.6 Å². The highest BCUT2D eigenvalue weighted by atomic mass is 19.2. The molecule has 6 heteroatoms. The zero-order valence-electron chi connectivity index (χ0n) is 13.9. The Morgan fingerprint density at radius 3 is 2.72 bits per heavy atom. The predicted molar refractivity (Wildman–Crippen MR) is 93.4 cm³/mol. The normalized spacial score (nSPS) is 15.2. The van der Waals surface area contributed by atoms with Crippen molar-refractivity contribution >= 4 is 13.3 Å². The van der Waals surface area contributed by atoms with Crippen LogP contribution >= 0.6 is 0 Å². The third kappa shape index (κ3) is 4.38. The van der Waals surface area contributed by atoms with E-state index in [0.29, 0.717) is 42.7 Å². The van der Waals surface area contributed by atoms with E-state index in [-0.39, 0.29) is 18.8 Å². The molecule has 2 aromatic rings. The van der Waals surface area contributed by atoms with Gasteiger partial charge in [-0.05, 0) is 36.6 Å². The number of ether oxygens (including phenoxy) is 1. The highest BCUT2D eigenvalue weighted by Crippen LogP contribution is 2.50. The zero-order chi connectivity index (χ0) is 17.9. The summed E-state index contributed by atoms with van der Waals surface area (Å²) in [7, 11) is 5.81. The average molecular weight is 343 g/mol. The van der Waals surface area contributed by atoms with Gasteiger partial charge >= 0.3 is 0 Å². The number of alkyl halides is 1. The van der Waals surface area contributed by atoms with Gasteiger partial charge in [0.1, 0.15) is 31.7 Å². The van der Waals surface area contributed by atoms with Crippen LogP contribution in [0.3, 0.4) is 0 Å². The van der Waals surface area contributed by atoms with Gasteiger partial charge in [0.05, 0.1) is 6.61 Å². The number of rotatable bonds is 8. The van der Waals surface area contributed by atoms with E-state index in [1.165, 1.54) is 6.07 Å². The van der Waals surface area contributed by atoms with E-state index >= 15 is 0 Å². The van der Waals surface area contributed by atoms with Gasteiger partial charge in [-0.25, -0.2) is 8.78 Å². The third-order valence-corrected chi connectivity index (χ3v) is 4.29. The molecule has 1 aliphatic rings. The largest absolute Gasteiger partial charge is 0.489 e. The monoisotopic (exact) mass is 343 g/mol. The van der Waals surface area contributed by atoms with E-state index in [1.54, 1.807) is 30.3 Å². The minimum atomic E-state index is -1.51. The molecule has 0 aliphatic heterocycles. The first-order valence-electron chi connectivity index (χ1n) is 8.32. The third-order valence-electron chi connectivity index (χ3n) is 4.29. The molecule has 0 spiro atoms. The molecule has 3 rings (SSSR count). The van der Waals surface area contributed by atoms with Gasteiger partial charge in [0.15, 0.2) is 0 Å². The summed E-state index contributed by atoms with van der Waals surface area (Å²) in [6.45, 7) is 1.22. The summed E-state index contributed by atoms with van der Waals surface area (Å²) in [6, 6.07) is 9.75. The van der Waals surface area contributed by atoms with Gasteiger partial charge in [-0.1, -0.05) is 23.7 Å². The van der Waals surface area contributed by atoms with Crippen LogP contribution < -0.4 is 15.5 Å². The van der Waals surface area contributed by atoms with Gasteiger partial charge in [-0.3, -0.25) is 0 Å². The molecule has 0 unspecified atom stereocenters. The molecule has 2 N–H and O–H groups in total. The topological polar surface area (TPSA) is 41.5 Å². The van der Waals surface area contributed by atoms with E-state index in [0.717, 1.165) is 5.56 Å². The molecule has 0 heterocycles. The van der Waals surface area contributed by atoms with Crippen LogP contribution in [-0.2, 0) is 18.8 Å². The lowest BCUT2D eigenvalue weighted by molar-refractivity contribution is 0.287. The smallest absolute Gasteiger partial charge is 0.139 e. The quantitative estimate of drug-likeness (QED) is 0.571. The number of hydrogen-bond donors (Lipinski definition) is 2. The van der Waals surface area contributed by atoms with Gasteiger partial charge in [-0.2, -0.15) is 0 Å². The molecule has 25 heavy (non-hydrogen) atoms. The molecule has 1 fully saturated rings. The maximum atomic E-state index is 14.2. The van der Waals surface area contributed by atoms with Crippen molar-refractivity contribution in [3.8, 4) is 5.75 Å². The Labute approximate surface area is 147 Å². The molecule has 3 nitrogen and oxygen atoms in total. The molecule has 0 saturated heterocycles. The molecule has 0 atom stereocenters. The van der Waals surface area contributed by atoms with Crippen LogP contribution in [0.25, 0.3) is 0 Å². The minimum Gasteiger partial charge on any atom is -0.489 e. The van der Waals surface area contributed by atoms with Gasteiger partial charge in [0, 0.05) is 24.2 Å². The number of nitrogens with one attached hydrogen (secondary N) is 1. The Bertz CT molecular complexity index is 750. The number of aliphatic hydroxyl groups excluding tert-OH is 1. The number of halogens is 2. The predicted octanol–water partition coefficient (Wildman–Crippen LogP) is 2.24. The lowest BCUT2D eigenvalue weighted by Crippen LogP contribution is -2.19. The summed E-state index contributed by atoms with van der Waals surface area (Å²) in [6.07, 6.45) is 0.736. The van der Waals surface area contributed by atoms with E-state index in [4.69, 9.17) is 17.7 Å². The fourth-order valence-corrected chi connectivity index (χ4v) is 2.73. The van der Waals surface area contributed by atoms with Gasteiger partial charge in [0.25, 0.3) is 0 Å². The second-order valence-corrected chi connectivity index (χ2v) is 6.34. The molecule has 0 amide bonds. The lowest BCUT2D eigenvalue weighted by Gasteiger charge is -2.14. The van der Waals surface area contributed by atoms with Crippen molar-refractivity contribution in [1.29, 1.82) is 0 Å². The van der Waals surface area contributed by atoms with Crippen LogP contribution in [-0.4, -0.2) is 26.1 Å². The summed E-state index contributed by atoms with van der Waals surface area (Å²) in [5.74, 6) is 0.136. The van der Waals surface area contributed by atoms with Crippen molar-refractivity contribution in [2.75, 3.05) is 13.2 Å². The SMILES string of the molecule is [B]c1ccc(OCc2ccc(F)c(C3(F)CC3)c2)c(CNCCO)c1. The Hall–Kier alpha value is -1.92. The van der Waals surface area contributed by atoms with Crippen LogP contribution in [0.4, 0.5) is 8.78 Å². The highest BCUT2D eigenvalue weighted by molar-refractivity contribution is 6.32. The van der Waals surface area contributed by atoms with Crippen LogP contribution in [0.15, 0.2) is 36.4 Å². The van der Waals surface area contributed by atoms with Crippen molar-refractivity contribution in [2.24, 2.45) is 0 Å². The molecular formula is C19H20BF2NO2. The molecule has 0 aromatic heterocycles. The number of hydrogen-bond acceptors (Lipinski definition) is 3. The second-order valence-electron chi connectivity index (χ2n) is 6.34. The maximum absolute atomic E-state index is 14.2. The van der Waals surface area contributed by atoms with Crippen LogP contribution in [0.2, 0.25) is 0 Å². The molecule has 1 saturated carbocycles. The first kappa shape index (κ1) is 17.9. The Balaban J connectivity index is 1.71. The number of benzene rings is 2.